The average Bonchev–Trinajstić information content (AvgIpc) is 3.47. The van der Waals surface area contributed by atoms with Crippen LogP contribution in [0.25, 0.3) is 22.5 Å². The molecule has 1 amide bonds. The number of halogens is 1. The predicted octanol–water partition coefficient (Wildman–Crippen LogP) is 4.78. The van der Waals surface area contributed by atoms with Gasteiger partial charge in [-0.2, -0.15) is 0 Å². The Morgan fingerprint density at radius 3 is 2.56 bits per heavy atom. The molecule has 204 valence electrons. The van der Waals surface area contributed by atoms with Crippen molar-refractivity contribution in [2.24, 2.45) is 5.92 Å². The normalized spacial score (nSPS) is 14.3. The Morgan fingerprint density at radius 2 is 1.95 bits per heavy atom. The second-order valence-corrected chi connectivity index (χ2v) is 13.0. The van der Waals surface area contributed by atoms with Crippen LogP contribution in [0.1, 0.15) is 46.7 Å². The first-order chi connectivity index (χ1) is 18.5. The molecule has 1 aliphatic carbocycles. The van der Waals surface area contributed by atoms with Crippen LogP contribution in [0.4, 0.5) is 5.13 Å². The molecule has 4 aromatic rings. The number of thiazole rings is 1. The van der Waals surface area contributed by atoms with Crippen molar-refractivity contribution in [3.05, 3.63) is 74.2 Å². The maximum atomic E-state index is 12.5. The molecule has 1 aliphatic rings. The molecule has 2 aromatic carbocycles. The third-order valence-corrected chi connectivity index (χ3v) is 8.32. The number of hydrogen-bond donors (Lipinski definition) is 2. The first-order valence-corrected chi connectivity index (χ1v) is 15.3. The van der Waals surface area contributed by atoms with Crippen LogP contribution in [0.3, 0.4) is 0 Å². The van der Waals surface area contributed by atoms with E-state index >= 15 is 0 Å². The zero-order valence-electron chi connectivity index (χ0n) is 21.4. The molecule has 2 aromatic heterocycles. The van der Waals surface area contributed by atoms with Crippen molar-refractivity contribution >= 4 is 44.0 Å². The molecule has 0 bridgehead atoms. The number of amides is 1. The van der Waals surface area contributed by atoms with E-state index in [0.717, 1.165) is 42.3 Å². The van der Waals surface area contributed by atoms with Crippen LogP contribution in [-0.2, 0) is 10.0 Å². The van der Waals surface area contributed by atoms with Crippen molar-refractivity contribution in [2.75, 3.05) is 17.7 Å². The number of aryl methyl sites for hydroxylation is 1. The Morgan fingerprint density at radius 1 is 1.23 bits per heavy atom. The Bertz CT molecular complexity index is 1690. The molecular formula is C26H26ClN5O5S2. The van der Waals surface area contributed by atoms with Crippen LogP contribution in [0.5, 0.6) is 0 Å². The third kappa shape index (κ3) is 6.23. The highest BCUT2D eigenvalue weighted by Gasteiger charge is 2.30. The lowest BCUT2D eigenvalue weighted by atomic mass is 9.96. The lowest BCUT2D eigenvalue weighted by Crippen LogP contribution is -2.31. The maximum Gasteiger partial charge on any atom is 0.439 e. The molecule has 0 saturated heterocycles. The smallest absolute Gasteiger partial charge is 0.341 e. The topological polar surface area (TPSA) is 138 Å². The molecule has 2 N–H and O–H groups in total. The van der Waals surface area contributed by atoms with Gasteiger partial charge in [-0.05, 0) is 67.5 Å². The van der Waals surface area contributed by atoms with Crippen LogP contribution in [-0.4, -0.2) is 42.3 Å². The van der Waals surface area contributed by atoms with Crippen molar-refractivity contribution in [1.82, 2.24) is 19.8 Å². The number of nitrogens with one attached hydrogen (secondary N) is 2. The fraction of sp³-hybridized carbons (Fsp3) is 0.308. The number of H-pyrrole nitrogens is 1. The number of nitrogens with zero attached hydrogens (tertiary/aromatic N) is 3. The first kappa shape index (κ1) is 27.1. The van der Waals surface area contributed by atoms with Crippen molar-refractivity contribution in [2.45, 2.75) is 32.7 Å². The molecule has 0 radical (unpaired) electrons. The van der Waals surface area contributed by atoms with Crippen LogP contribution < -0.4 is 15.4 Å². The SMILES string of the molecule is Cc1sc(N(CC2CC2)[C@H](C)c2ccc(-c3cc(Cl)ccc3-c3noc(=O)[nH]3)cc2)nc1C(=O)NS(C)(=O)=O. The summed E-state index contributed by atoms with van der Waals surface area (Å²) < 4.78 is 29.8. The highest BCUT2D eigenvalue weighted by Crippen LogP contribution is 2.39. The minimum Gasteiger partial charge on any atom is -0.341 e. The van der Waals surface area contributed by atoms with Crippen molar-refractivity contribution in [1.29, 1.82) is 0 Å². The average molecular weight is 588 g/mol. The summed E-state index contributed by atoms with van der Waals surface area (Å²) in [6.45, 7) is 4.62. The largest absolute Gasteiger partial charge is 0.439 e. The van der Waals surface area contributed by atoms with E-state index in [1.165, 1.54) is 11.3 Å². The number of aromatic amines is 1. The molecule has 2 heterocycles. The second-order valence-electron chi connectivity index (χ2n) is 9.63. The summed E-state index contributed by atoms with van der Waals surface area (Å²) in [5.74, 6) is -0.510. The lowest BCUT2D eigenvalue weighted by Gasteiger charge is -2.29. The van der Waals surface area contributed by atoms with Gasteiger partial charge in [0.05, 0.1) is 12.3 Å². The molecular weight excluding hydrogens is 562 g/mol. The van der Waals surface area contributed by atoms with Crippen LogP contribution in [0.2, 0.25) is 5.02 Å². The summed E-state index contributed by atoms with van der Waals surface area (Å²) in [5.41, 5.74) is 3.50. The minimum atomic E-state index is -3.70. The molecule has 1 saturated carbocycles. The number of hydrogen-bond acceptors (Lipinski definition) is 9. The molecule has 0 spiro atoms. The molecule has 1 fully saturated rings. The van der Waals surface area contributed by atoms with Gasteiger partial charge >= 0.3 is 5.76 Å². The summed E-state index contributed by atoms with van der Waals surface area (Å²) in [6.07, 6.45) is 3.21. The zero-order valence-corrected chi connectivity index (χ0v) is 23.8. The van der Waals surface area contributed by atoms with Crippen LogP contribution in [0, 0.1) is 12.8 Å². The van der Waals surface area contributed by atoms with Crippen molar-refractivity contribution in [3.8, 4) is 22.5 Å². The number of anilines is 1. The van der Waals surface area contributed by atoms with E-state index in [-0.39, 0.29) is 11.7 Å². The highest BCUT2D eigenvalue weighted by molar-refractivity contribution is 7.89. The van der Waals surface area contributed by atoms with E-state index in [1.54, 1.807) is 19.1 Å². The first-order valence-electron chi connectivity index (χ1n) is 12.2. The summed E-state index contributed by atoms with van der Waals surface area (Å²) in [5, 5.41) is 5.03. The standard InChI is InChI=1S/C26H26ClN5O5S2/c1-14(32(13-16-4-5-16)25-28-22(15(2)38-25)24(33)31-39(3,35)36)17-6-8-18(9-7-17)21-12-19(27)10-11-20(21)23-29-26(34)37-30-23/h6-12,14,16H,4-5,13H2,1-3H3,(H,31,33)(H,29,30,34)/t14-/m1/s1. The molecule has 1 atom stereocenters. The highest BCUT2D eigenvalue weighted by atomic mass is 35.5. The number of sulfonamides is 1. The molecule has 5 rings (SSSR count). The summed E-state index contributed by atoms with van der Waals surface area (Å²) in [7, 11) is -3.70. The van der Waals surface area contributed by atoms with Gasteiger partial charge in [-0.3, -0.25) is 14.3 Å². The Kier molecular flexibility index (Phi) is 7.36. The van der Waals surface area contributed by atoms with Gasteiger partial charge in [0.2, 0.25) is 10.0 Å². The summed E-state index contributed by atoms with van der Waals surface area (Å²) in [4.78, 5) is 34.0. The fourth-order valence-electron chi connectivity index (χ4n) is 4.34. The Balaban J connectivity index is 1.45. The van der Waals surface area contributed by atoms with E-state index in [9.17, 15) is 18.0 Å². The number of rotatable bonds is 9. The van der Waals surface area contributed by atoms with Gasteiger partial charge in [0, 0.05) is 22.0 Å². The Hall–Kier alpha value is -3.48. The third-order valence-electron chi connectivity index (χ3n) is 6.52. The molecule has 39 heavy (non-hydrogen) atoms. The molecule has 0 unspecified atom stereocenters. The molecule has 13 heteroatoms. The Labute approximate surface area is 234 Å². The molecule has 10 nitrogen and oxygen atoms in total. The quantitative estimate of drug-likeness (QED) is 0.285. The van der Waals surface area contributed by atoms with Gasteiger partial charge in [0.1, 0.15) is 5.69 Å². The lowest BCUT2D eigenvalue weighted by molar-refractivity contribution is 0.0977. The van der Waals surface area contributed by atoms with Gasteiger partial charge in [0.25, 0.3) is 5.91 Å². The van der Waals surface area contributed by atoms with Crippen molar-refractivity contribution in [3.63, 3.8) is 0 Å². The van der Waals surface area contributed by atoms with Gasteiger partial charge in [-0.15, -0.1) is 11.3 Å². The number of carbonyl (C=O) groups is 1. The maximum absolute atomic E-state index is 12.5. The summed E-state index contributed by atoms with van der Waals surface area (Å²) >= 11 is 7.66. The minimum absolute atomic E-state index is 0.0678. The van der Waals surface area contributed by atoms with E-state index in [4.69, 9.17) is 11.6 Å². The van der Waals surface area contributed by atoms with Gasteiger partial charge in [0.15, 0.2) is 11.0 Å². The predicted molar refractivity (Wildman–Crippen MR) is 151 cm³/mol. The van der Waals surface area contributed by atoms with Gasteiger partial charge in [-0.25, -0.2) is 22.9 Å². The van der Waals surface area contributed by atoms with E-state index < -0.39 is 21.7 Å². The monoisotopic (exact) mass is 587 g/mol. The van der Waals surface area contributed by atoms with E-state index in [2.05, 4.69) is 31.5 Å². The second kappa shape index (κ2) is 10.6. The fourth-order valence-corrected chi connectivity index (χ4v) is 5.94. The van der Waals surface area contributed by atoms with Gasteiger partial charge in [-0.1, -0.05) is 41.0 Å². The zero-order chi connectivity index (χ0) is 27.9. The van der Waals surface area contributed by atoms with Gasteiger partial charge < -0.3 is 4.90 Å². The molecule has 0 aliphatic heterocycles. The van der Waals surface area contributed by atoms with E-state index in [0.29, 0.717) is 32.3 Å². The number of carbonyl (C=O) groups excluding carboxylic acids is 1. The van der Waals surface area contributed by atoms with Crippen LogP contribution in [0.15, 0.2) is 51.8 Å². The van der Waals surface area contributed by atoms with E-state index in [1.807, 2.05) is 35.1 Å². The summed E-state index contributed by atoms with van der Waals surface area (Å²) in [6, 6.07) is 13.2. The van der Waals surface area contributed by atoms with Crippen molar-refractivity contribution < 1.29 is 17.7 Å². The number of benzene rings is 2. The number of aromatic nitrogens is 3. The van der Waals surface area contributed by atoms with Crippen LogP contribution >= 0.6 is 22.9 Å².